The molecule has 0 fully saturated rings. The summed E-state index contributed by atoms with van der Waals surface area (Å²) in [5.41, 5.74) is 3.74. The molecule has 3 aromatic carbocycles. The third kappa shape index (κ3) is 3.10. The van der Waals surface area contributed by atoms with Gasteiger partial charge >= 0.3 is 0 Å². The molecule has 0 radical (unpaired) electrons. The fourth-order valence-corrected chi connectivity index (χ4v) is 4.41. The molecule has 1 aliphatic heterocycles. The Kier molecular flexibility index (Phi) is 4.55. The lowest BCUT2D eigenvalue weighted by Crippen LogP contribution is -2.29. The van der Waals surface area contributed by atoms with E-state index >= 15 is 0 Å². The molecule has 0 spiro atoms. The number of carbonyl (C=O) groups is 1. The molecule has 0 N–H and O–H groups in total. The SMILES string of the molecule is Cc1ccc(N2C(=O)c3oc4ccc(Br)cc4c(=O)c3C2c2ccc(F)cc2)cc1C. The monoisotopic (exact) mass is 477 g/mol. The van der Waals surface area contributed by atoms with E-state index in [2.05, 4.69) is 15.9 Å². The van der Waals surface area contributed by atoms with Crippen LogP contribution in [0.5, 0.6) is 0 Å². The van der Waals surface area contributed by atoms with Gasteiger partial charge in [0.2, 0.25) is 5.76 Å². The van der Waals surface area contributed by atoms with Gasteiger partial charge in [-0.2, -0.15) is 0 Å². The van der Waals surface area contributed by atoms with Gasteiger partial charge in [0.25, 0.3) is 5.91 Å². The Morgan fingerprint density at radius 1 is 0.935 bits per heavy atom. The maximum atomic E-state index is 13.6. The predicted octanol–water partition coefficient (Wildman–Crippen LogP) is 6.06. The van der Waals surface area contributed by atoms with Gasteiger partial charge in [-0.15, -0.1) is 0 Å². The van der Waals surface area contributed by atoms with Crippen molar-refractivity contribution >= 4 is 38.5 Å². The van der Waals surface area contributed by atoms with Crippen LogP contribution < -0.4 is 10.3 Å². The van der Waals surface area contributed by atoms with Crippen molar-refractivity contribution in [1.29, 1.82) is 0 Å². The van der Waals surface area contributed by atoms with Crippen LogP contribution in [-0.2, 0) is 0 Å². The van der Waals surface area contributed by atoms with Gasteiger partial charge in [-0.25, -0.2) is 4.39 Å². The molecule has 0 saturated carbocycles. The molecule has 1 aliphatic rings. The lowest BCUT2D eigenvalue weighted by Gasteiger charge is -2.26. The summed E-state index contributed by atoms with van der Waals surface area (Å²) < 4.78 is 20.3. The van der Waals surface area contributed by atoms with Gasteiger partial charge in [-0.1, -0.05) is 34.1 Å². The minimum absolute atomic E-state index is 0.0207. The molecule has 0 saturated heterocycles. The lowest BCUT2D eigenvalue weighted by atomic mass is 9.98. The molecule has 4 aromatic rings. The third-order valence-corrected chi connectivity index (χ3v) is 6.28. The molecule has 1 amide bonds. The molecule has 0 aliphatic carbocycles. The number of aryl methyl sites for hydroxylation is 2. The van der Waals surface area contributed by atoms with Crippen molar-refractivity contribution in [2.24, 2.45) is 0 Å². The average Bonchev–Trinajstić information content (AvgIpc) is 3.04. The summed E-state index contributed by atoms with van der Waals surface area (Å²) in [5, 5.41) is 0.384. The van der Waals surface area contributed by atoms with Gasteiger partial charge in [0.15, 0.2) is 5.43 Å². The molecule has 1 unspecified atom stereocenters. The highest BCUT2D eigenvalue weighted by Crippen LogP contribution is 2.41. The maximum absolute atomic E-state index is 13.6. The summed E-state index contributed by atoms with van der Waals surface area (Å²) in [6, 6.07) is 15.9. The number of anilines is 1. The molecule has 1 aromatic heterocycles. The van der Waals surface area contributed by atoms with Gasteiger partial charge in [0, 0.05) is 10.2 Å². The van der Waals surface area contributed by atoms with Crippen molar-refractivity contribution in [2.45, 2.75) is 19.9 Å². The van der Waals surface area contributed by atoms with Crippen molar-refractivity contribution in [3.63, 3.8) is 0 Å². The number of carbonyl (C=O) groups excluding carboxylic acids is 1. The number of amides is 1. The molecule has 0 bridgehead atoms. The predicted molar refractivity (Wildman–Crippen MR) is 121 cm³/mol. The van der Waals surface area contributed by atoms with Gasteiger partial charge < -0.3 is 4.42 Å². The largest absolute Gasteiger partial charge is 0.450 e. The highest BCUT2D eigenvalue weighted by molar-refractivity contribution is 9.10. The van der Waals surface area contributed by atoms with E-state index in [1.165, 1.54) is 12.1 Å². The first-order valence-corrected chi connectivity index (χ1v) is 10.6. The van der Waals surface area contributed by atoms with E-state index in [9.17, 15) is 14.0 Å². The van der Waals surface area contributed by atoms with Crippen molar-refractivity contribution in [1.82, 2.24) is 0 Å². The molecule has 154 valence electrons. The number of benzene rings is 3. The zero-order valence-electron chi connectivity index (χ0n) is 16.8. The van der Waals surface area contributed by atoms with Crippen LogP contribution in [0.25, 0.3) is 11.0 Å². The Bertz CT molecular complexity index is 1430. The van der Waals surface area contributed by atoms with Crippen molar-refractivity contribution < 1.29 is 13.6 Å². The molecule has 4 nitrogen and oxygen atoms in total. The summed E-state index contributed by atoms with van der Waals surface area (Å²) in [6.07, 6.45) is 0. The van der Waals surface area contributed by atoms with E-state index in [0.29, 0.717) is 22.2 Å². The number of fused-ring (bicyclic) bond motifs is 2. The van der Waals surface area contributed by atoms with Crippen LogP contribution in [0.4, 0.5) is 10.1 Å². The first-order chi connectivity index (χ1) is 14.8. The van der Waals surface area contributed by atoms with E-state index < -0.39 is 11.9 Å². The minimum Gasteiger partial charge on any atom is -0.450 e. The topological polar surface area (TPSA) is 50.5 Å². The smallest absolute Gasteiger partial charge is 0.295 e. The third-order valence-electron chi connectivity index (χ3n) is 5.79. The molecule has 6 heteroatoms. The number of rotatable bonds is 2. The summed E-state index contributed by atoms with van der Waals surface area (Å²) in [4.78, 5) is 28.6. The van der Waals surface area contributed by atoms with Crippen LogP contribution in [0, 0.1) is 19.7 Å². The molecule has 2 heterocycles. The van der Waals surface area contributed by atoms with Gasteiger partial charge in [-0.3, -0.25) is 14.5 Å². The molecular weight excluding hydrogens is 461 g/mol. The average molecular weight is 478 g/mol. The number of hydrogen-bond acceptors (Lipinski definition) is 3. The van der Waals surface area contributed by atoms with Crippen LogP contribution in [-0.4, -0.2) is 5.91 Å². The zero-order valence-corrected chi connectivity index (χ0v) is 18.4. The van der Waals surface area contributed by atoms with Crippen LogP contribution in [0.1, 0.15) is 38.9 Å². The maximum Gasteiger partial charge on any atom is 0.295 e. The molecule has 1 atom stereocenters. The number of nitrogens with zero attached hydrogens (tertiary/aromatic N) is 1. The zero-order chi connectivity index (χ0) is 21.9. The number of hydrogen-bond donors (Lipinski definition) is 0. The summed E-state index contributed by atoms with van der Waals surface area (Å²) in [6.45, 7) is 3.96. The van der Waals surface area contributed by atoms with Crippen LogP contribution >= 0.6 is 15.9 Å². The fraction of sp³-hybridized carbons (Fsp3) is 0.120. The van der Waals surface area contributed by atoms with Crippen LogP contribution in [0.3, 0.4) is 0 Å². The highest BCUT2D eigenvalue weighted by Gasteiger charge is 2.43. The van der Waals surface area contributed by atoms with E-state index in [0.717, 1.165) is 15.6 Å². The number of halogens is 2. The second-order valence-electron chi connectivity index (χ2n) is 7.71. The quantitative estimate of drug-likeness (QED) is 0.352. The second-order valence-corrected chi connectivity index (χ2v) is 8.63. The first kappa shape index (κ1) is 19.7. The van der Waals surface area contributed by atoms with E-state index in [-0.39, 0.29) is 22.6 Å². The standard InChI is InChI=1S/C25H17BrFNO3/c1-13-3-9-18(11-14(13)2)28-22(15-4-7-17(27)8-5-15)21-23(29)19-12-16(26)6-10-20(19)31-24(21)25(28)30/h3-12,22H,1-2H3. The van der Waals surface area contributed by atoms with Crippen molar-refractivity contribution in [2.75, 3.05) is 4.90 Å². The Morgan fingerprint density at radius 2 is 1.68 bits per heavy atom. The van der Waals surface area contributed by atoms with Crippen molar-refractivity contribution in [3.8, 4) is 0 Å². The minimum atomic E-state index is -0.718. The van der Waals surface area contributed by atoms with Gasteiger partial charge in [0.05, 0.1) is 17.0 Å². The van der Waals surface area contributed by atoms with E-state index in [1.54, 1.807) is 35.2 Å². The molecular formula is C25H17BrFNO3. The van der Waals surface area contributed by atoms with Crippen molar-refractivity contribution in [3.05, 3.63) is 109 Å². The van der Waals surface area contributed by atoms with Crippen LogP contribution in [0.15, 0.2) is 74.3 Å². The Hall–Kier alpha value is -3.25. The van der Waals surface area contributed by atoms with E-state index in [1.807, 2.05) is 32.0 Å². The normalized spacial score (nSPS) is 15.5. The molecule has 31 heavy (non-hydrogen) atoms. The Labute approximate surface area is 186 Å². The summed E-state index contributed by atoms with van der Waals surface area (Å²) in [7, 11) is 0. The van der Waals surface area contributed by atoms with Gasteiger partial charge in [0.1, 0.15) is 11.4 Å². The van der Waals surface area contributed by atoms with E-state index in [4.69, 9.17) is 4.42 Å². The second kappa shape index (κ2) is 7.17. The van der Waals surface area contributed by atoms with Gasteiger partial charge in [-0.05, 0) is 73.0 Å². The Morgan fingerprint density at radius 3 is 2.39 bits per heavy atom. The highest BCUT2D eigenvalue weighted by atomic mass is 79.9. The lowest BCUT2D eigenvalue weighted by molar-refractivity contribution is 0.0971. The first-order valence-electron chi connectivity index (χ1n) is 9.77. The molecule has 5 rings (SSSR count). The van der Waals surface area contributed by atoms with Crippen LogP contribution in [0.2, 0.25) is 0 Å². The summed E-state index contributed by atoms with van der Waals surface area (Å²) >= 11 is 3.39. The fourth-order valence-electron chi connectivity index (χ4n) is 4.05. The summed E-state index contributed by atoms with van der Waals surface area (Å²) in [5.74, 6) is -0.762. The Balaban J connectivity index is 1.82.